The van der Waals surface area contributed by atoms with Gasteiger partial charge in [-0.25, -0.2) is 0 Å². The van der Waals surface area contributed by atoms with Gasteiger partial charge in [-0.1, -0.05) is 38.1 Å². The second kappa shape index (κ2) is 8.28. The fraction of sp³-hybridized carbons (Fsp3) is 0.417. The first-order valence-corrected chi connectivity index (χ1v) is 9.77. The molecule has 0 saturated heterocycles. The summed E-state index contributed by atoms with van der Waals surface area (Å²) in [6.45, 7) is 9.65. The van der Waals surface area contributed by atoms with Crippen molar-refractivity contribution in [3.63, 3.8) is 0 Å². The van der Waals surface area contributed by atoms with Gasteiger partial charge in [-0.05, 0) is 77.3 Å². The molecule has 0 radical (unpaired) electrons. The molecule has 2 N–H and O–H groups in total. The summed E-state index contributed by atoms with van der Waals surface area (Å²) in [5.41, 5.74) is 8.52. The number of nitrogens with one attached hydrogen (secondary N) is 1. The van der Waals surface area contributed by atoms with Crippen LogP contribution in [0.3, 0.4) is 0 Å². The van der Waals surface area contributed by atoms with Gasteiger partial charge in [0.15, 0.2) is 0 Å². The number of ether oxygens (including phenoxy) is 1. The van der Waals surface area contributed by atoms with Crippen LogP contribution in [0.5, 0.6) is 5.75 Å². The lowest BCUT2D eigenvalue weighted by Gasteiger charge is -2.26. The number of methoxy groups -OCH3 is 1. The summed E-state index contributed by atoms with van der Waals surface area (Å²) in [6.07, 6.45) is 5.49. The predicted octanol–water partition coefficient (Wildman–Crippen LogP) is 4.83. The van der Waals surface area contributed by atoms with Gasteiger partial charge in [0.1, 0.15) is 5.75 Å². The molecule has 1 aliphatic heterocycles. The van der Waals surface area contributed by atoms with Gasteiger partial charge in [0.25, 0.3) is 0 Å². The Morgan fingerprint density at radius 1 is 1.19 bits per heavy atom. The molecular formula is C24H31NO2. The van der Waals surface area contributed by atoms with E-state index in [1.807, 2.05) is 0 Å². The fourth-order valence-electron chi connectivity index (χ4n) is 3.88. The monoisotopic (exact) mass is 365 g/mol. The Hall–Kier alpha value is -2.10. The molecular weight excluding hydrogens is 334 g/mol. The summed E-state index contributed by atoms with van der Waals surface area (Å²) in [7, 11) is 1.74. The van der Waals surface area contributed by atoms with Crippen molar-refractivity contribution in [1.82, 2.24) is 5.32 Å². The van der Waals surface area contributed by atoms with E-state index in [-0.39, 0.29) is 12.6 Å². The Morgan fingerprint density at radius 2 is 1.96 bits per heavy atom. The number of hydrogen-bond acceptors (Lipinski definition) is 3. The highest BCUT2D eigenvalue weighted by molar-refractivity contribution is 5.59. The van der Waals surface area contributed by atoms with Gasteiger partial charge in [-0.3, -0.25) is 0 Å². The highest BCUT2D eigenvalue weighted by Crippen LogP contribution is 2.32. The van der Waals surface area contributed by atoms with E-state index in [0.717, 1.165) is 24.3 Å². The van der Waals surface area contributed by atoms with E-state index in [4.69, 9.17) is 4.74 Å². The SMILES string of the molecule is COc1cc(C)c(/C=C/C2NCCc3cc(C)c(CO)cc32)cc1C(C)C. The lowest BCUT2D eigenvalue weighted by molar-refractivity contribution is 0.280. The normalized spacial score (nSPS) is 16.8. The van der Waals surface area contributed by atoms with Crippen LogP contribution in [0.2, 0.25) is 0 Å². The third-order valence-electron chi connectivity index (χ3n) is 5.57. The highest BCUT2D eigenvalue weighted by Gasteiger charge is 2.19. The molecule has 144 valence electrons. The Kier molecular flexibility index (Phi) is 6.03. The van der Waals surface area contributed by atoms with Crippen molar-refractivity contribution in [3.05, 3.63) is 69.3 Å². The number of rotatable bonds is 5. The molecule has 0 aromatic heterocycles. The van der Waals surface area contributed by atoms with Crippen LogP contribution in [0.4, 0.5) is 0 Å². The van der Waals surface area contributed by atoms with Gasteiger partial charge < -0.3 is 15.2 Å². The fourth-order valence-corrected chi connectivity index (χ4v) is 3.88. The van der Waals surface area contributed by atoms with Crippen LogP contribution in [0.25, 0.3) is 6.08 Å². The molecule has 2 aromatic rings. The topological polar surface area (TPSA) is 41.5 Å². The third-order valence-corrected chi connectivity index (χ3v) is 5.57. The quantitative estimate of drug-likeness (QED) is 0.797. The highest BCUT2D eigenvalue weighted by atomic mass is 16.5. The van der Waals surface area contributed by atoms with Crippen LogP contribution in [0.15, 0.2) is 30.3 Å². The molecule has 0 fully saturated rings. The van der Waals surface area contributed by atoms with Gasteiger partial charge in [0, 0.05) is 6.54 Å². The second-order valence-electron chi connectivity index (χ2n) is 7.78. The summed E-state index contributed by atoms with van der Waals surface area (Å²) >= 11 is 0. The molecule has 1 heterocycles. The standard InChI is InChI=1S/C24H31NO2/c1-15(2)21-12-18(17(4)11-24(21)27-5)6-7-23-22-13-20(14-26)16(3)10-19(22)8-9-25-23/h6-7,10-13,15,23,25-26H,8-9,14H2,1-5H3/b7-6+. The molecule has 1 aliphatic rings. The number of benzene rings is 2. The molecule has 0 aliphatic carbocycles. The van der Waals surface area contributed by atoms with E-state index in [9.17, 15) is 5.11 Å². The average molecular weight is 366 g/mol. The first-order valence-electron chi connectivity index (χ1n) is 9.77. The second-order valence-corrected chi connectivity index (χ2v) is 7.78. The Morgan fingerprint density at radius 3 is 2.63 bits per heavy atom. The Bertz CT molecular complexity index is 852. The summed E-state index contributed by atoms with van der Waals surface area (Å²) in [4.78, 5) is 0. The maximum absolute atomic E-state index is 9.63. The molecule has 0 spiro atoms. The number of fused-ring (bicyclic) bond motifs is 1. The van der Waals surface area contributed by atoms with E-state index >= 15 is 0 Å². The lowest BCUT2D eigenvalue weighted by Crippen LogP contribution is -2.28. The number of aryl methyl sites for hydroxylation is 2. The molecule has 0 saturated carbocycles. The smallest absolute Gasteiger partial charge is 0.122 e. The van der Waals surface area contributed by atoms with E-state index in [0.29, 0.717) is 5.92 Å². The lowest BCUT2D eigenvalue weighted by atomic mass is 9.89. The zero-order valence-electron chi connectivity index (χ0n) is 17.1. The number of aliphatic hydroxyl groups is 1. The van der Waals surface area contributed by atoms with Crippen LogP contribution < -0.4 is 10.1 Å². The number of aliphatic hydroxyl groups excluding tert-OH is 1. The molecule has 0 amide bonds. The minimum absolute atomic E-state index is 0.0882. The minimum atomic E-state index is 0.0882. The van der Waals surface area contributed by atoms with Gasteiger partial charge in [0.2, 0.25) is 0 Å². The van der Waals surface area contributed by atoms with Crippen LogP contribution >= 0.6 is 0 Å². The molecule has 3 rings (SSSR count). The van der Waals surface area contributed by atoms with Crippen molar-refractivity contribution < 1.29 is 9.84 Å². The van der Waals surface area contributed by atoms with Crippen molar-refractivity contribution in [1.29, 1.82) is 0 Å². The maximum atomic E-state index is 9.63. The zero-order valence-corrected chi connectivity index (χ0v) is 17.1. The molecule has 1 atom stereocenters. The van der Waals surface area contributed by atoms with E-state index in [2.05, 4.69) is 69.4 Å². The maximum Gasteiger partial charge on any atom is 0.122 e. The van der Waals surface area contributed by atoms with Gasteiger partial charge >= 0.3 is 0 Å². The van der Waals surface area contributed by atoms with E-state index in [1.54, 1.807) is 7.11 Å². The first-order chi connectivity index (χ1) is 12.9. The minimum Gasteiger partial charge on any atom is -0.496 e. The van der Waals surface area contributed by atoms with Crippen molar-refractivity contribution in [3.8, 4) is 5.75 Å². The molecule has 2 aromatic carbocycles. The largest absolute Gasteiger partial charge is 0.496 e. The molecule has 3 heteroatoms. The van der Waals surface area contributed by atoms with Crippen LogP contribution in [-0.4, -0.2) is 18.8 Å². The molecule has 1 unspecified atom stereocenters. The van der Waals surface area contributed by atoms with Crippen molar-refractivity contribution in [2.24, 2.45) is 0 Å². The van der Waals surface area contributed by atoms with E-state index < -0.39 is 0 Å². The third kappa shape index (κ3) is 4.10. The Balaban J connectivity index is 1.95. The van der Waals surface area contributed by atoms with Crippen LogP contribution in [-0.2, 0) is 13.0 Å². The average Bonchev–Trinajstić information content (AvgIpc) is 2.65. The van der Waals surface area contributed by atoms with Crippen LogP contribution in [0, 0.1) is 13.8 Å². The van der Waals surface area contributed by atoms with Crippen molar-refractivity contribution in [2.45, 2.75) is 52.7 Å². The van der Waals surface area contributed by atoms with Gasteiger partial charge in [-0.2, -0.15) is 0 Å². The van der Waals surface area contributed by atoms with Gasteiger partial charge in [0.05, 0.1) is 19.8 Å². The summed E-state index contributed by atoms with van der Waals surface area (Å²) in [5.74, 6) is 1.38. The van der Waals surface area contributed by atoms with Crippen molar-refractivity contribution in [2.75, 3.05) is 13.7 Å². The zero-order chi connectivity index (χ0) is 19.6. The van der Waals surface area contributed by atoms with Crippen LogP contribution in [0.1, 0.15) is 64.8 Å². The molecule has 3 nitrogen and oxygen atoms in total. The summed E-state index contributed by atoms with van der Waals surface area (Å²) in [6, 6.07) is 8.94. The number of hydrogen-bond donors (Lipinski definition) is 2. The summed E-state index contributed by atoms with van der Waals surface area (Å²) in [5, 5.41) is 13.2. The van der Waals surface area contributed by atoms with Gasteiger partial charge in [-0.15, -0.1) is 0 Å². The van der Waals surface area contributed by atoms with E-state index in [1.165, 1.54) is 33.4 Å². The van der Waals surface area contributed by atoms with Crippen molar-refractivity contribution >= 4 is 6.08 Å². The Labute approximate surface area is 163 Å². The summed E-state index contributed by atoms with van der Waals surface area (Å²) < 4.78 is 5.56. The predicted molar refractivity (Wildman–Crippen MR) is 112 cm³/mol. The first kappa shape index (κ1) is 19.7. The molecule has 0 bridgehead atoms. The molecule has 27 heavy (non-hydrogen) atoms.